The van der Waals surface area contributed by atoms with Crippen molar-refractivity contribution >= 4 is 31.8 Å². The van der Waals surface area contributed by atoms with Crippen LogP contribution in [0.2, 0.25) is 0 Å². The average molecular weight is 319 g/mol. The molecule has 0 aliphatic heterocycles. The molecular weight excluding hydrogens is 304 g/mol. The van der Waals surface area contributed by atoms with Crippen LogP contribution in [0.15, 0.2) is 16.6 Å². The van der Waals surface area contributed by atoms with E-state index in [0.29, 0.717) is 5.82 Å². The molecule has 1 saturated carbocycles. The molecule has 1 fully saturated rings. The summed E-state index contributed by atoms with van der Waals surface area (Å²) in [6.07, 6.45) is 3.51. The van der Waals surface area contributed by atoms with Gasteiger partial charge in [0.1, 0.15) is 5.82 Å². The van der Waals surface area contributed by atoms with Gasteiger partial charge in [0.05, 0.1) is 10.9 Å². The number of anilines is 1. The number of nitrogens with one attached hydrogen (secondary N) is 1. The summed E-state index contributed by atoms with van der Waals surface area (Å²) < 4.78 is 27.5. The monoisotopic (exact) mass is 318 g/mol. The Labute approximate surface area is 110 Å². The van der Waals surface area contributed by atoms with Gasteiger partial charge in [-0.15, -0.1) is 0 Å². The maximum absolute atomic E-state index is 12.0. The first-order valence-electron chi connectivity index (χ1n) is 5.64. The van der Waals surface area contributed by atoms with Crippen molar-refractivity contribution in [3.8, 4) is 0 Å². The van der Waals surface area contributed by atoms with E-state index in [9.17, 15) is 8.42 Å². The maximum Gasteiger partial charge on any atom is 0.236 e. The first-order chi connectivity index (χ1) is 7.99. The SMILES string of the molecule is Cc1nc(NS(=O)(=O)C2CCCC2)ccc1Br. The summed E-state index contributed by atoms with van der Waals surface area (Å²) in [6, 6.07) is 3.47. The molecule has 0 saturated heterocycles. The number of nitrogens with zero attached hydrogens (tertiary/aromatic N) is 1. The molecule has 0 unspecified atom stereocenters. The smallest absolute Gasteiger partial charge is 0.236 e. The van der Waals surface area contributed by atoms with E-state index in [1.165, 1.54) is 0 Å². The summed E-state index contributed by atoms with van der Waals surface area (Å²) in [5.74, 6) is 0.401. The minimum atomic E-state index is -3.27. The summed E-state index contributed by atoms with van der Waals surface area (Å²) in [7, 11) is -3.27. The zero-order valence-electron chi connectivity index (χ0n) is 9.61. The zero-order chi connectivity index (χ0) is 12.5. The molecule has 1 aromatic heterocycles. The van der Waals surface area contributed by atoms with Gasteiger partial charge in [-0.3, -0.25) is 4.72 Å². The minimum absolute atomic E-state index is 0.256. The Morgan fingerprint density at radius 2 is 2.00 bits per heavy atom. The molecule has 0 radical (unpaired) electrons. The number of hydrogen-bond donors (Lipinski definition) is 1. The summed E-state index contributed by atoms with van der Waals surface area (Å²) in [6.45, 7) is 1.83. The van der Waals surface area contributed by atoms with Gasteiger partial charge in [0.2, 0.25) is 10.0 Å². The van der Waals surface area contributed by atoms with Crippen LogP contribution in [0.4, 0.5) is 5.82 Å². The molecule has 6 heteroatoms. The Morgan fingerprint density at radius 3 is 2.59 bits per heavy atom. The number of hydrogen-bond acceptors (Lipinski definition) is 3. The van der Waals surface area contributed by atoms with Gasteiger partial charge in [0.25, 0.3) is 0 Å². The van der Waals surface area contributed by atoms with Gasteiger partial charge in [0.15, 0.2) is 0 Å². The molecule has 17 heavy (non-hydrogen) atoms. The van der Waals surface area contributed by atoms with Gasteiger partial charge in [-0.25, -0.2) is 13.4 Å². The summed E-state index contributed by atoms with van der Waals surface area (Å²) >= 11 is 3.34. The van der Waals surface area contributed by atoms with Crippen molar-refractivity contribution < 1.29 is 8.42 Å². The number of aryl methyl sites for hydroxylation is 1. The van der Waals surface area contributed by atoms with Gasteiger partial charge < -0.3 is 0 Å². The molecule has 1 aliphatic carbocycles. The number of sulfonamides is 1. The van der Waals surface area contributed by atoms with E-state index in [4.69, 9.17) is 0 Å². The van der Waals surface area contributed by atoms with E-state index in [-0.39, 0.29) is 5.25 Å². The molecule has 4 nitrogen and oxygen atoms in total. The number of pyridine rings is 1. The highest BCUT2D eigenvalue weighted by molar-refractivity contribution is 9.10. The van der Waals surface area contributed by atoms with Crippen molar-refractivity contribution in [2.24, 2.45) is 0 Å². The van der Waals surface area contributed by atoms with Gasteiger partial charge in [-0.1, -0.05) is 12.8 Å². The average Bonchev–Trinajstić information content (AvgIpc) is 2.77. The minimum Gasteiger partial charge on any atom is -0.267 e. The predicted molar refractivity (Wildman–Crippen MR) is 71.5 cm³/mol. The highest BCUT2D eigenvalue weighted by Crippen LogP contribution is 2.26. The quantitative estimate of drug-likeness (QED) is 0.932. The predicted octanol–water partition coefficient (Wildman–Crippen LogP) is 2.84. The van der Waals surface area contributed by atoms with Crippen LogP contribution in [-0.4, -0.2) is 18.7 Å². The molecule has 0 spiro atoms. The third kappa shape index (κ3) is 2.98. The van der Waals surface area contributed by atoms with Crippen molar-refractivity contribution in [3.05, 3.63) is 22.3 Å². The molecule has 1 aliphatic rings. The van der Waals surface area contributed by atoms with Gasteiger partial charge in [-0.2, -0.15) is 0 Å². The van der Waals surface area contributed by atoms with Crippen molar-refractivity contribution in [2.45, 2.75) is 37.9 Å². The van der Waals surface area contributed by atoms with Crippen molar-refractivity contribution in [1.29, 1.82) is 0 Å². The Balaban J connectivity index is 2.17. The van der Waals surface area contributed by atoms with Gasteiger partial charge >= 0.3 is 0 Å². The van der Waals surface area contributed by atoms with Crippen LogP contribution in [0, 0.1) is 6.92 Å². The first-order valence-corrected chi connectivity index (χ1v) is 7.98. The number of aromatic nitrogens is 1. The molecule has 0 amide bonds. The second kappa shape index (κ2) is 4.94. The van der Waals surface area contributed by atoms with Crippen LogP contribution in [0.25, 0.3) is 0 Å². The third-order valence-electron chi connectivity index (χ3n) is 3.01. The molecule has 0 aromatic carbocycles. The fraction of sp³-hybridized carbons (Fsp3) is 0.545. The molecule has 1 heterocycles. The Bertz CT molecular complexity index is 510. The molecular formula is C11H15BrN2O2S. The first kappa shape index (κ1) is 12.8. The lowest BCUT2D eigenvalue weighted by Gasteiger charge is -2.13. The van der Waals surface area contributed by atoms with E-state index in [1.807, 2.05) is 6.92 Å². The highest BCUT2D eigenvalue weighted by Gasteiger charge is 2.28. The fourth-order valence-corrected chi connectivity index (χ4v) is 3.78. The lowest BCUT2D eigenvalue weighted by atomic mass is 10.4. The number of rotatable bonds is 3. The lowest BCUT2D eigenvalue weighted by Crippen LogP contribution is -2.25. The molecule has 0 atom stereocenters. The van der Waals surface area contributed by atoms with Crippen LogP contribution in [-0.2, 0) is 10.0 Å². The topological polar surface area (TPSA) is 59.1 Å². The van der Waals surface area contributed by atoms with Gasteiger partial charge in [0, 0.05) is 4.47 Å². The molecule has 94 valence electrons. The summed E-state index contributed by atoms with van der Waals surface area (Å²) in [4.78, 5) is 4.19. The van der Waals surface area contributed by atoms with E-state index in [0.717, 1.165) is 35.8 Å². The van der Waals surface area contributed by atoms with Crippen molar-refractivity contribution in [3.63, 3.8) is 0 Å². The van der Waals surface area contributed by atoms with Crippen LogP contribution in [0.3, 0.4) is 0 Å². The highest BCUT2D eigenvalue weighted by atomic mass is 79.9. The second-order valence-electron chi connectivity index (χ2n) is 4.32. The normalized spacial score (nSPS) is 17.3. The van der Waals surface area contributed by atoms with E-state index in [2.05, 4.69) is 25.6 Å². The Hall–Kier alpha value is -0.620. The zero-order valence-corrected chi connectivity index (χ0v) is 12.0. The van der Waals surface area contributed by atoms with Crippen LogP contribution in [0.1, 0.15) is 31.4 Å². The Kier molecular flexibility index (Phi) is 3.73. The van der Waals surface area contributed by atoms with Crippen LogP contribution < -0.4 is 4.72 Å². The summed E-state index contributed by atoms with van der Waals surface area (Å²) in [5.41, 5.74) is 0.775. The van der Waals surface area contributed by atoms with Crippen molar-refractivity contribution in [1.82, 2.24) is 4.98 Å². The molecule has 1 N–H and O–H groups in total. The Morgan fingerprint density at radius 1 is 1.35 bits per heavy atom. The van der Waals surface area contributed by atoms with E-state index in [1.54, 1.807) is 12.1 Å². The summed E-state index contributed by atoms with van der Waals surface area (Å²) in [5, 5.41) is -0.256. The van der Waals surface area contributed by atoms with E-state index >= 15 is 0 Å². The van der Waals surface area contributed by atoms with Crippen molar-refractivity contribution in [2.75, 3.05) is 4.72 Å². The molecule has 0 bridgehead atoms. The molecule has 1 aromatic rings. The lowest BCUT2D eigenvalue weighted by molar-refractivity contribution is 0.585. The number of halogens is 1. The maximum atomic E-state index is 12.0. The molecule has 2 rings (SSSR count). The third-order valence-corrected chi connectivity index (χ3v) is 5.69. The van der Waals surface area contributed by atoms with Gasteiger partial charge in [-0.05, 0) is 47.8 Å². The van der Waals surface area contributed by atoms with Crippen LogP contribution in [0.5, 0.6) is 0 Å². The fourth-order valence-electron chi connectivity index (χ4n) is 2.03. The second-order valence-corrected chi connectivity index (χ2v) is 7.13. The largest absolute Gasteiger partial charge is 0.267 e. The van der Waals surface area contributed by atoms with E-state index < -0.39 is 10.0 Å². The standard InChI is InChI=1S/C11H15BrN2O2S/c1-8-10(12)6-7-11(13-8)14-17(15,16)9-4-2-3-5-9/h6-7,9H,2-5H2,1H3,(H,13,14). The van der Waals surface area contributed by atoms with Crippen LogP contribution >= 0.6 is 15.9 Å².